The Kier molecular flexibility index (Phi) is 3.97. The molecule has 22 heavy (non-hydrogen) atoms. The summed E-state index contributed by atoms with van der Waals surface area (Å²) in [4.78, 5) is 14.3. The van der Waals surface area contributed by atoms with Gasteiger partial charge in [-0.2, -0.15) is 14.3 Å². The second kappa shape index (κ2) is 6.22. The standard InChI is InChI=1S/C19H17N2O/c1-20(18-12-6-3-7-13-18)19(22)21-14-8-11-17(15-21)16-9-4-2-5-10-16/h2-15H,1H3/q+1. The Bertz CT molecular complexity index is 770. The Hall–Kier alpha value is -2.94. The van der Waals surface area contributed by atoms with Crippen LogP contribution in [-0.4, -0.2) is 13.1 Å². The lowest BCUT2D eigenvalue weighted by atomic mass is 10.1. The van der Waals surface area contributed by atoms with Gasteiger partial charge < -0.3 is 0 Å². The summed E-state index contributed by atoms with van der Waals surface area (Å²) in [5.74, 6) is 0. The van der Waals surface area contributed by atoms with Crippen molar-refractivity contribution in [2.75, 3.05) is 11.9 Å². The highest BCUT2D eigenvalue weighted by molar-refractivity contribution is 5.85. The maximum Gasteiger partial charge on any atom is 0.502 e. The second-order valence-electron chi connectivity index (χ2n) is 5.04. The lowest BCUT2D eigenvalue weighted by Gasteiger charge is -2.10. The van der Waals surface area contributed by atoms with Gasteiger partial charge in [0.2, 0.25) is 0 Å². The maximum atomic E-state index is 12.6. The molecule has 0 unspecified atom stereocenters. The van der Waals surface area contributed by atoms with Crippen LogP contribution in [0.5, 0.6) is 0 Å². The van der Waals surface area contributed by atoms with Crippen LogP contribution in [0.3, 0.4) is 0 Å². The molecule has 0 spiro atoms. The highest BCUT2D eigenvalue weighted by Crippen LogP contribution is 2.16. The zero-order chi connectivity index (χ0) is 15.4. The number of hydrogen-bond donors (Lipinski definition) is 0. The molecule has 108 valence electrons. The second-order valence-corrected chi connectivity index (χ2v) is 5.04. The summed E-state index contributed by atoms with van der Waals surface area (Å²) in [5, 5.41) is 0. The number of hydrogen-bond acceptors (Lipinski definition) is 1. The van der Waals surface area contributed by atoms with Gasteiger partial charge in [0.1, 0.15) is 11.9 Å². The number of rotatable bonds is 2. The fraction of sp³-hybridized carbons (Fsp3) is 0.0526. The van der Waals surface area contributed by atoms with E-state index in [0.717, 1.165) is 16.8 Å². The van der Waals surface area contributed by atoms with E-state index in [1.165, 1.54) is 0 Å². The van der Waals surface area contributed by atoms with Crippen molar-refractivity contribution in [2.45, 2.75) is 0 Å². The Balaban J connectivity index is 1.91. The Morgan fingerprint density at radius 1 is 0.818 bits per heavy atom. The first-order valence-corrected chi connectivity index (χ1v) is 7.15. The summed E-state index contributed by atoms with van der Waals surface area (Å²) in [6.45, 7) is 0. The molecule has 0 aliphatic carbocycles. The molecule has 2 aromatic carbocycles. The van der Waals surface area contributed by atoms with Crippen molar-refractivity contribution in [3.05, 3.63) is 85.2 Å². The highest BCUT2D eigenvalue weighted by atomic mass is 16.2. The first-order chi connectivity index (χ1) is 10.8. The minimum absolute atomic E-state index is 0.0935. The lowest BCUT2D eigenvalue weighted by Crippen LogP contribution is -2.50. The molecule has 3 heteroatoms. The molecule has 0 fully saturated rings. The first-order valence-electron chi connectivity index (χ1n) is 7.15. The number of benzene rings is 2. The van der Waals surface area contributed by atoms with Gasteiger partial charge in [0.05, 0.1) is 13.2 Å². The highest BCUT2D eigenvalue weighted by Gasteiger charge is 2.22. The van der Waals surface area contributed by atoms with Crippen LogP contribution in [0.2, 0.25) is 0 Å². The van der Waals surface area contributed by atoms with E-state index in [9.17, 15) is 4.79 Å². The maximum absolute atomic E-state index is 12.6. The minimum atomic E-state index is -0.0935. The van der Waals surface area contributed by atoms with Crippen LogP contribution in [0.15, 0.2) is 85.2 Å². The average Bonchev–Trinajstić information content (AvgIpc) is 2.62. The van der Waals surface area contributed by atoms with E-state index in [1.54, 1.807) is 22.7 Å². The molecule has 1 aromatic heterocycles. The van der Waals surface area contributed by atoms with Crippen LogP contribution < -0.4 is 9.47 Å². The van der Waals surface area contributed by atoms with E-state index in [0.29, 0.717) is 0 Å². The SMILES string of the molecule is CN(C(=O)[n+]1cccc(-c2ccccc2)c1)c1ccccc1. The molecule has 3 rings (SSSR count). The molecular formula is C19H17N2O+. The van der Waals surface area contributed by atoms with Crippen LogP contribution in [0.1, 0.15) is 0 Å². The number of amides is 1. The number of carbonyl (C=O) groups is 1. The van der Waals surface area contributed by atoms with Crippen LogP contribution in [0.25, 0.3) is 11.1 Å². The predicted octanol–water partition coefficient (Wildman–Crippen LogP) is 3.75. The van der Waals surface area contributed by atoms with Crippen molar-refractivity contribution in [1.29, 1.82) is 0 Å². The summed E-state index contributed by atoms with van der Waals surface area (Å²) in [6, 6.07) is 23.4. The van der Waals surface area contributed by atoms with Gasteiger partial charge in [-0.25, -0.2) is 0 Å². The number of anilines is 1. The Morgan fingerprint density at radius 2 is 1.41 bits per heavy atom. The van der Waals surface area contributed by atoms with Gasteiger partial charge >= 0.3 is 6.03 Å². The van der Waals surface area contributed by atoms with Gasteiger partial charge in [-0.1, -0.05) is 48.5 Å². The van der Waals surface area contributed by atoms with Gasteiger partial charge in [-0.15, -0.1) is 0 Å². The molecule has 1 heterocycles. The summed E-state index contributed by atoms with van der Waals surface area (Å²) >= 11 is 0. The fourth-order valence-corrected chi connectivity index (χ4v) is 2.33. The summed E-state index contributed by atoms with van der Waals surface area (Å²) in [5.41, 5.74) is 2.97. The van der Waals surface area contributed by atoms with Gasteiger partial charge in [-0.05, 0) is 29.8 Å². The summed E-state index contributed by atoms with van der Waals surface area (Å²) < 4.78 is 1.61. The van der Waals surface area contributed by atoms with Gasteiger partial charge in [-0.3, -0.25) is 0 Å². The summed E-state index contributed by atoms with van der Waals surface area (Å²) in [7, 11) is 1.78. The molecule has 0 bridgehead atoms. The molecule has 0 aliphatic heterocycles. The van der Waals surface area contributed by atoms with E-state index in [-0.39, 0.29) is 6.03 Å². The van der Waals surface area contributed by atoms with Crippen LogP contribution >= 0.6 is 0 Å². The molecule has 0 aliphatic rings. The first kappa shape index (κ1) is 14.0. The molecular weight excluding hydrogens is 272 g/mol. The molecule has 0 saturated carbocycles. The molecule has 3 aromatic rings. The monoisotopic (exact) mass is 289 g/mol. The molecule has 0 atom stereocenters. The zero-order valence-corrected chi connectivity index (χ0v) is 12.4. The molecule has 3 nitrogen and oxygen atoms in total. The number of aromatic nitrogens is 1. The van der Waals surface area contributed by atoms with E-state index in [1.807, 2.05) is 79.0 Å². The number of carbonyl (C=O) groups excluding carboxylic acids is 1. The van der Waals surface area contributed by atoms with Crippen LogP contribution in [0.4, 0.5) is 10.5 Å². The normalized spacial score (nSPS) is 10.2. The van der Waals surface area contributed by atoms with Crippen molar-refractivity contribution in [3.63, 3.8) is 0 Å². The van der Waals surface area contributed by atoms with Crippen molar-refractivity contribution >= 4 is 11.7 Å². The molecule has 0 N–H and O–H groups in total. The fourth-order valence-electron chi connectivity index (χ4n) is 2.33. The minimum Gasteiger partial charge on any atom is -0.196 e. The Labute approximate surface area is 130 Å². The van der Waals surface area contributed by atoms with Crippen molar-refractivity contribution < 1.29 is 9.36 Å². The molecule has 1 amide bonds. The average molecular weight is 289 g/mol. The largest absolute Gasteiger partial charge is 0.502 e. The van der Waals surface area contributed by atoms with E-state index < -0.39 is 0 Å². The Morgan fingerprint density at radius 3 is 2.09 bits per heavy atom. The predicted molar refractivity (Wildman–Crippen MR) is 87.7 cm³/mol. The number of para-hydroxylation sites is 1. The van der Waals surface area contributed by atoms with Crippen LogP contribution in [-0.2, 0) is 0 Å². The van der Waals surface area contributed by atoms with E-state index in [4.69, 9.17) is 0 Å². The molecule has 0 radical (unpaired) electrons. The number of pyridine rings is 1. The third-order valence-electron chi connectivity index (χ3n) is 3.56. The molecule has 0 saturated heterocycles. The summed E-state index contributed by atoms with van der Waals surface area (Å²) in [6.07, 6.45) is 3.63. The topological polar surface area (TPSA) is 24.2 Å². The van der Waals surface area contributed by atoms with Crippen LogP contribution in [0, 0.1) is 0 Å². The van der Waals surface area contributed by atoms with Crippen molar-refractivity contribution in [2.24, 2.45) is 0 Å². The smallest absolute Gasteiger partial charge is 0.196 e. The quantitative estimate of drug-likeness (QED) is 0.659. The third kappa shape index (κ3) is 2.88. The van der Waals surface area contributed by atoms with Gasteiger partial charge in [0, 0.05) is 5.56 Å². The van der Waals surface area contributed by atoms with E-state index in [2.05, 4.69) is 0 Å². The van der Waals surface area contributed by atoms with Gasteiger partial charge in [0.15, 0.2) is 0 Å². The van der Waals surface area contributed by atoms with Crippen molar-refractivity contribution in [1.82, 2.24) is 0 Å². The lowest BCUT2D eigenvalue weighted by molar-refractivity contribution is -0.569. The third-order valence-corrected chi connectivity index (χ3v) is 3.56. The van der Waals surface area contributed by atoms with Gasteiger partial charge in [0.25, 0.3) is 0 Å². The number of nitrogens with zero attached hydrogens (tertiary/aromatic N) is 2. The van der Waals surface area contributed by atoms with E-state index >= 15 is 0 Å². The zero-order valence-electron chi connectivity index (χ0n) is 12.4. The van der Waals surface area contributed by atoms with Crippen molar-refractivity contribution in [3.8, 4) is 11.1 Å².